The Labute approximate surface area is 117 Å². The summed E-state index contributed by atoms with van der Waals surface area (Å²) < 4.78 is 4.89. The van der Waals surface area contributed by atoms with E-state index in [1.807, 2.05) is 6.07 Å². The van der Waals surface area contributed by atoms with Gasteiger partial charge in [0.15, 0.2) is 6.61 Å². The van der Waals surface area contributed by atoms with Crippen LogP contribution in [0.15, 0.2) is 24.3 Å². The number of benzene rings is 1. The van der Waals surface area contributed by atoms with Gasteiger partial charge in [-0.15, -0.1) is 0 Å². The van der Waals surface area contributed by atoms with Gasteiger partial charge < -0.3 is 15.0 Å². The quantitative estimate of drug-likeness (QED) is 0.789. The van der Waals surface area contributed by atoms with Gasteiger partial charge in [-0.25, -0.2) is 4.79 Å². The molecule has 6 heteroatoms. The van der Waals surface area contributed by atoms with Crippen molar-refractivity contribution in [3.8, 4) is 0 Å². The van der Waals surface area contributed by atoms with Gasteiger partial charge in [-0.1, -0.05) is 18.2 Å². The number of rotatable bonds is 5. The van der Waals surface area contributed by atoms with Crippen LogP contribution >= 0.6 is 0 Å². The van der Waals surface area contributed by atoms with E-state index in [-0.39, 0.29) is 12.5 Å². The number of hydrogen-bond acceptors (Lipinski definition) is 4. The van der Waals surface area contributed by atoms with Gasteiger partial charge in [0.05, 0.1) is 12.1 Å². The van der Waals surface area contributed by atoms with Gasteiger partial charge in [-0.05, 0) is 18.6 Å². The number of nitrogens with zero attached hydrogens (tertiary/aromatic N) is 1. The van der Waals surface area contributed by atoms with Crippen LogP contribution in [0.2, 0.25) is 0 Å². The fourth-order valence-corrected chi connectivity index (χ4v) is 1.39. The number of ether oxygens (including phenoxy) is 1. The van der Waals surface area contributed by atoms with Crippen LogP contribution in [0.4, 0.5) is 0 Å². The average molecular weight is 278 g/mol. The monoisotopic (exact) mass is 278 g/mol. The fraction of sp³-hybridized carbons (Fsp3) is 0.357. The number of carbonyl (C=O) groups is 3. The summed E-state index contributed by atoms with van der Waals surface area (Å²) in [5.74, 6) is -1.30. The number of amides is 2. The van der Waals surface area contributed by atoms with E-state index in [9.17, 15) is 14.4 Å². The molecule has 0 atom stereocenters. The van der Waals surface area contributed by atoms with Crippen molar-refractivity contribution in [2.75, 3.05) is 27.2 Å². The van der Waals surface area contributed by atoms with Crippen LogP contribution in [-0.2, 0) is 14.3 Å². The summed E-state index contributed by atoms with van der Waals surface area (Å²) in [4.78, 5) is 35.8. The summed E-state index contributed by atoms with van der Waals surface area (Å²) >= 11 is 0. The van der Waals surface area contributed by atoms with Crippen molar-refractivity contribution in [3.05, 3.63) is 35.4 Å². The Balaban J connectivity index is 2.40. The molecule has 1 N–H and O–H groups in total. The molecule has 0 radical (unpaired) electrons. The molecule has 0 heterocycles. The first-order valence-electron chi connectivity index (χ1n) is 6.11. The second-order valence-electron chi connectivity index (χ2n) is 4.46. The highest BCUT2D eigenvalue weighted by Crippen LogP contribution is 2.08. The molecule has 0 spiro atoms. The lowest BCUT2D eigenvalue weighted by atomic mass is 10.1. The number of likely N-dealkylation sites (N-methyl/N-ethyl adjacent to an activating group) is 1. The maximum Gasteiger partial charge on any atom is 0.338 e. The van der Waals surface area contributed by atoms with E-state index in [1.54, 1.807) is 39.2 Å². The summed E-state index contributed by atoms with van der Waals surface area (Å²) in [6.07, 6.45) is 0. The Morgan fingerprint density at radius 1 is 1.20 bits per heavy atom. The zero-order valence-corrected chi connectivity index (χ0v) is 11.8. The van der Waals surface area contributed by atoms with Gasteiger partial charge >= 0.3 is 5.97 Å². The highest BCUT2D eigenvalue weighted by molar-refractivity contribution is 5.93. The molecular weight excluding hydrogens is 260 g/mol. The first-order valence-corrected chi connectivity index (χ1v) is 6.11. The summed E-state index contributed by atoms with van der Waals surface area (Å²) in [6.45, 7) is 1.26. The smallest absolute Gasteiger partial charge is 0.338 e. The largest absolute Gasteiger partial charge is 0.452 e. The van der Waals surface area contributed by atoms with Crippen molar-refractivity contribution in [3.63, 3.8) is 0 Å². The van der Waals surface area contributed by atoms with Crippen LogP contribution < -0.4 is 5.32 Å². The van der Waals surface area contributed by atoms with E-state index < -0.39 is 18.5 Å². The van der Waals surface area contributed by atoms with Crippen molar-refractivity contribution in [1.82, 2.24) is 10.2 Å². The normalized spacial score (nSPS) is 9.75. The maximum absolute atomic E-state index is 11.7. The second-order valence-corrected chi connectivity index (χ2v) is 4.46. The predicted molar refractivity (Wildman–Crippen MR) is 73.2 cm³/mol. The van der Waals surface area contributed by atoms with E-state index in [0.29, 0.717) is 5.56 Å². The molecular formula is C14H18N2O4. The van der Waals surface area contributed by atoms with Crippen LogP contribution in [-0.4, -0.2) is 49.9 Å². The van der Waals surface area contributed by atoms with Crippen molar-refractivity contribution < 1.29 is 19.1 Å². The molecule has 6 nitrogen and oxygen atoms in total. The summed E-state index contributed by atoms with van der Waals surface area (Å²) in [6, 6.07) is 6.95. The molecule has 0 saturated carbocycles. The van der Waals surface area contributed by atoms with Gasteiger partial charge in [0.2, 0.25) is 5.91 Å². The molecule has 0 aliphatic heterocycles. The molecule has 1 rings (SSSR count). The Kier molecular flexibility index (Phi) is 5.71. The molecule has 2 amide bonds. The fourth-order valence-electron chi connectivity index (χ4n) is 1.39. The molecule has 1 aromatic rings. The van der Waals surface area contributed by atoms with Crippen molar-refractivity contribution in [2.24, 2.45) is 0 Å². The number of carbonyl (C=O) groups excluding carboxylic acids is 3. The van der Waals surface area contributed by atoms with Crippen molar-refractivity contribution in [2.45, 2.75) is 6.92 Å². The second kappa shape index (κ2) is 7.28. The van der Waals surface area contributed by atoms with Crippen LogP contribution in [0.25, 0.3) is 0 Å². The van der Waals surface area contributed by atoms with E-state index in [2.05, 4.69) is 5.32 Å². The molecule has 0 aromatic heterocycles. The molecule has 1 aromatic carbocycles. The van der Waals surface area contributed by atoms with Crippen LogP contribution in [0, 0.1) is 6.92 Å². The number of hydrogen-bond donors (Lipinski definition) is 1. The SMILES string of the molecule is Cc1ccccc1C(=O)OCC(=O)NCC(=O)N(C)C. The van der Waals surface area contributed by atoms with Gasteiger partial charge in [0.1, 0.15) is 0 Å². The molecule has 20 heavy (non-hydrogen) atoms. The third kappa shape index (κ3) is 4.72. The average Bonchev–Trinajstić information content (AvgIpc) is 2.42. The van der Waals surface area contributed by atoms with Crippen molar-refractivity contribution in [1.29, 1.82) is 0 Å². The minimum Gasteiger partial charge on any atom is -0.452 e. The minimum absolute atomic E-state index is 0.117. The Morgan fingerprint density at radius 2 is 1.85 bits per heavy atom. The van der Waals surface area contributed by atoms with Crippen LogP contribution in [0.1, 0.15) is 15.9 Å². The Morgan fingerprint density at radius 3 is 2.45 bits per heavy atom. The van der Waals surface area contributed by atoms with E-state index in [1.165, 1.54) is 4.90 Å². The minimum atomic E-state index is -0.558. The molecule has 108 valence electrons. The van der Waals surface area contributed by atoms with Gasteiger partial charge in [0, 0.05) is 14.1 Å². The summed E-state index contributed by atoms with van der Waals surface area (Å²) in [5, 5.41) is 2.38. The Bertz CT molecular complexity index is 512. The van der Waals surface area contributed by atoms with E-state index in [0.717, 1.165) is 5.56 Å². The van der Waals surface area contributed by atoms with Crippen LogP contribution in [0.3, 0.4) is 0 Å². The number of nitrogens with one attached hydrogen (secondary N) is 1. The van der Waals surface area contributed by atoms with Gasteiger partial charge in [0.25, 0.3) is 5.91 Å². The lowest BCUT2D eigenvalue weighted by molar-refractivity contribution is -0.131. The molecule has 0 bridgehead atoms. The zero-order valence-electron chi connectivity index (χ0n) is 11.8. The Hall–Kier alpha value is -2.37. The van der Waals surface area contributed by atoms with Gasteiger partial charge in [-0.2, -0.15) is 0 Å². The lowest BCUT2D eigenvalue weighted by Crippen LogP contribution is -2.38. The zero-order chi connectivity index (χ0) is 15.1. The standard InChI is InChI=1S/C14H18N2O4/c1-10-6-4-5-7-11(10)14(19)20-9-12(17)15-8-13(18)16(2)3/h4-7H,8-9H2,1-3H3,(H,15,17). The molecule has 0 fully saturated rings. The molecule has 0 aliphatic rings. The van der Waals surface area contributed by atoms with E-state index in [4.69, 9.17) is 4.74 Å². The highest BCUT2D eigenvalue weighted by Gasteiger charge is 2.13. The predicted octanol–water partition coefficient (Wildman–Crippen LogP) is 0.356. The maximum atomic E-state index is 11.7. The van der Waals surface area contributed by atoms with E-state index >= 15 is 0 Å². The summed E-state index contributed by atoms with van der Waals surface area (Å²) in [7, 11) is 3.18. The first kappa shape index (κ1) is 15.7. The van der Waals surface area contributed by atoms with Crippen LogP contribution in [0.5, 0.6) is 0 Å². The molecule has 0 saturated heterocycles. The molecule has 0 unspecified atom stereocenters. The first-order chi connectivity index (χ1) is 9.41. The number of aryl methyl sites for hydroxylation is 1. The van der Waals surface area contributed by atoms with Crippen molar-refractivity contribution >= 4 is 17.8 Å². The lowest BCUT2D eigenvalue weighted by Gasteiger charge is -2.11. The summed E-state index contributed by atoms with van der Waals surface area (Å²) in [5.41, 5.74) is 1.20. The van der Waals surface area contributed by atoms with Gasteiger partial charge in [-0.3, -0.25) is 9.59 Å². The third-order valence-corrected chi connectivity index (χ3v) is 2.63. The molecule has 0 aliphatic carbocycles. The highest BCUT2D eigenvalue weighted by atomic mass is 16.5. The third-order valence-electron chi connectivity index (χ3n) is 2.63. The number of esters is 1. The topological polar surface area (TPSA) is 75.7 Å².